The van der Waals surface area contributed by atoms with E-state index in [1.165, 1.54) is 84.0 Å². The van der Waals surface area contributed by atoms with E-state index in [9.17, 15) is 4.79 Å². The van der Waals surface area contributed by atoms with Crippen LogP contribution in [-0.2, 0) is 4.79 Å². The minimum absolute atomic E-state index is 0.872. The minimum Gasteiger partial charge on any atom is -0.479 e. The van der Waals surface area contributed by atoms with Crippen LogP contribution in [0.25, 0.3) is 0 Å². The Bertz CT molecular complexity index is 196. The summed E-state index contributed by atoms with van der Waals surface area (Å²) in [5, 5.41) is 15.8. The van der Waals surface area contributed by atoms with Crippen molar-refractivity contribution in [3.05, 3.63) is 0 Å². The lowest BCUT2D eigenvalue weighted by molar-refractivity contribution is -0.145. The Hall–Kier alpha value is -0.610. The molecule has 1 unspecified atom stereocenters. The van der Waals surface area contributed by atoms with Crippen LogP contribution in [0.15, 0.2) is 0 Å². The highest BCUT2D eigenvalue weighted by atomic mass is 16.4. The predicted molar refractivity (Wildman–Crippen MR) is 89.4 cm³/mol. The second-order valence-electron chi connectivity index (χ2n) is 5.69. The first-order valence-corrected chi connectivity index (χ1v) is 8.67. The summed E-state index contributed by atoms with van der Waals surface area (Å²) < 4.78 is 0. The van der Waals surface area contributed by atoms with Gasteiger partial charge in [-0.1, -0.05) is 77.6 Å². The third-order valence-corrected chi connectivity index (χ3v) is 3.42. The van der Waals surface area contributed by atoms with Crippen molar-refractivity contribution in [1.29, 1.82) is 0 Å². The van der Waals surface area contributed by atoms with Gasteiger partial charge in [0.2, 0.25) is 0 Å². The molecule has 0 aliphatic heterocycles. The number of hydrogen-bond donors (Lipinski definition) is 3. The zero-order valence-corrected chi connectivity index (χ0v) is 14.1. The van der Waals surface area contributed by atoms with Crippen molar-refractivity contribution in [3.63, 3.8) is 0 Å². The molecule has 0 spiro atoms. The molecule has 0 heterocycles. The molecule has 21 heavy (non-hydrogen) atoms. The summed E-state index contributed by atoms with van der Waals surface area (Å²) in [4.78, 5) is 9.45. The van der Waals surface area contributed by atoms with E-state index < -0.39 is 12.1 Å². The standard InChI is InChI=1S/C14H31N.C3H6O3/c1-2-3-4-5-6-7-8-9-10-11-12-13-14-15;1-2(4)3(5)6/h2-15H2,1H3;2,4H,1H3,(H,5,6). The largest absolute Gasteiger partial charge is 0.479 e. The smallest absolute Gasteiger partial charge is 0.332 e. The molecule has 0 aliphatic rings. The van der Waals surface area contributed by atoms with Crippen molar-refractivity contribution in [1.82, 2.24) is 0 Å². The monoisotopic (exact) mass is 303 g/mol. The number of carbonyl (C=O) groups is 1. The Kier molecular flexibility index (Phi) is 20.9. The molecule has 0 fully saturated rings. The summed E-state index contributed by atoms with van der Waals surface area (Å²) >= 11 is 0. The highest BCUT2D eigenvalue weighted by Crippen LogP contribution is 2.11. The number of rotatable bonds is 13. The van der Waals surface area contributed by atoms with Crippen LogP contribution in [0, 0.1) is 0 Å². The van der Waals surface area contributed by atoms with Crippen LogP contribution in [0.4, 0.5) is 0 Å². The average Bonchev–Trinajstić information content (AvgIpc) is 2.45. The molecule has 0 aromatic carbocycles. The van der Waals surface area contributed by atoms with Crippen molar-refractivity contribution >= 4 is 5.97 Å². The maximum atomic E-state index is 9.45. The minimum atomic E-state index is -1.23. The molecule has 0 saturated heterocycles. The second-order valence-corrected chi connectivity index (χ2v) is 5.69. The van der Waals surface area contributed by atoms with Crippen LogP contribution in [0.1, 0.15) is 90.9 Å². The molecular weight excluding hydrogens is 266 g/mol. The number of aliphatic carboxylic acids is 1. The Morgan fingerprint density at radius 3 is 1.38 bits per heavy atom. The first-order chi connectivity index (χ1) is 10.1. The van der Waals surface area contributed by atoms with E-state index in [1.807, 2.05) is 0 Å². The number of hydrogen-bond acceptors (Lipinski definition) is 3. The summed E-state index contributed by atoms with van der Waals surface area (Å²) in [6.07, 6.45) is 15.7. The van der Waals surface area contributed by atoms with Crippen LogP contribution in [0.5, 0.6) is 0 Å². The van der Waals surface area contributed by atoms with Gasteiger partial charge in [-0.3, -0.25) is 0 Å². The van der Waals surface area contributed by atoms with E-state index in [0.29, 0.717) is 0 Å². The van der Waals surface area contributed by atoms with Crippen molar-refractivity contribution in [2.45, 2.75) is 97.0 Å². The fourth-order valence-corrected chi connectivity index (χ4v) is 1.99. The van der Waals surface area contributed by atoms with E-state index in [-0.39, 0.29) is 0 Å². The Balaban J connectivity index is 0. The third kappa shape index (κ3) is 24.8. The zero-order valence-electron chi connectivity index (χ0n) is 14.1. The van der Waals surface area contributed by atoms with E-state index in [0.717, 1.165) is 6.54 Å². The van der Waals surface area contributed by atoms with E-state index in [1.54, 1.807) is 0 Å². The number of nitrogens with two attached hydrogens (primary N) is 1. The normalized spacial score (nSPS) is 11.6. The topological polar surface area (TPSA) is 83.5 Å². The quantitative estimate of drug-likeness (QED) is 0.447. The van der Waals surface area contributed by atoms with Gasteiger partial charge in [-0.2, -0.15) is 0 Å². The number of carboxylic acid groups (broad SMARTS) is 1. The molecule has 0 saturated carbocycles. The van der Waals surface area contributed by atoms with Gasteiger partial charge in [0, 0.05) is 0 Å². The van der Waals surface area contributed by atoms with Crippen LogP contribution in [-0.4, -0.2) is 28.8 Å². The van der Waals surface area contributed by atoms with Crippen LogP contribution < -0.4 is 5.73 Å². The van der Waals surface area contributed by atoms with E-state index in [4.69, 9.17) is 15.9 Å². The summed E-state index contributed by atoms with van der Waals surface area (Å²) in [7, 11) is 0. The van der Waals surface area contributed by atoms with Crippen molar-refractivity contribution < 1.29 is 15.0 Å². The molecule has 4 nitrogen and oxygen atoms in total. The second kappa shape index (κ2) is 19.4. The van der Waals surface area contributed by atoms with Gasteiger partial charge in [0.1, 0.15) is 6.10 Å². The Labute approximate surface area is 131 Å². The molecule has 4 N–H and O–H groups in total. The predicted octanol–water partition coefficient (Wildman–Crippen LogP) is 4.10. The number of aliphatic hydroxyl groups excluding tert-OH is 1. The first kappa shape index (κ1) is 22.7. The summed E-state index contributed by atoms with van der Waals surface area (Å²) in [5.41, 5.74) is 5.45. The maximum absolute atomic E-state index is 9.45. The lowest BCUT2D eigenvalue weighted by Gasteiger charge is -2.01. The van der Waals surface area contributed by atoms with Crippen LogP contribution in [0.3, 0.4) is 0 Å². The summed E-state index contributed by atoms with van der Waals surface area (Å²) in [5.74, 6) is -1.19. The molecule has 0 radical (unpaired) electrons. The lowest BCUT2D eigenvalue weighted by atomic mass is 10.1. The Morgan fingerprint density at radius 2 is 1.14 bits per heavy atom. The van der Waals surface area contributed by atoms with Gasteiger partial charge in [-0.25, -0.2) is 4.79 Å². The highest BCUT2D eigenvalue weighted by molar-refractivity contribution is 5.71. The molecule has 0 rings (SSSR count). The number of unbranched alkanes of at least 4 members (excludes halogenated alkanes) is 11. The molecule has 0 aromatic rings. The van der Waals surface area contributed by atoms with Gasteiger partial charge in [-0.05, 0) is 19.9 Å². The summed E-state index contributed by atoms with van der Waals surface area (Å²) in [6.45, 7) is 4.35. The van der Waals surface area contributed by atoms with Gasteiger partial charge in [-0.15, -0.1) is 0 Å². The molecule has 1 atom stereocenters. The van der Waals surface area contributed by atoms with E-state index in [2.05, 4.69) is 6.92 Å². The fraction of sp³-hybridized carbons (Fsp3) is 0.941. The fourth-order valence-electron chi connectivity index (χ4n) is 1.99. The van der Waals surface area contributed by atoms with Gasteiger partial charge in [0.25, 0.3) is 0 Å². The molecule has 128 valence electrons. The molecule has 0 aromatic heterocycles. The number of carboxylic acids is 1. The van der Waals surface area contributed by atoms with Gasteiger partial charge < -0.3 is 15.9 Å². The molecule has 0 amide bonds. The van der Waals surface area contributed by atoms with Gasteiger partial charge in [0.15, 0.2) is 0 Å². The highest BCUT2D eigenvalue weighted by Gasteiger charge is 2.01. The molecule has 0 aliphatic carbocycles. The zero-order chi connectivity index (χ0) is 16.3. The molecular formula is C17H37NO3. The Morgan fingerprint density at radius 1 is 0.857 bits per heavy atom. The molecule has 4 heteroatoms. The first-order valence-electron chi connectivity index (χ1n) is 8.67. The van der Waals surface area contributed by atoms with Gasteiger partial charge in [0.05, 0.1) is 0 Å². The number of aliphatic hydroxyl groups is 1. The van der Waals surface area contributed by atoms with Crippen LogP contribution in [0.2, 0.25) is 0 Å². The molecule has 0 bridgehead atoms. The van der Waals surface area contributed by atoms with E-state index >= 15 is 0 Å². The van der Waals surface area contributed by atoms with Gasteiger partial charge >= 0.3 is 5.97 Å². The van der Waals surface area contributed by atoms with Crippen LogP contribution >= 0.6 is 0 Å². The van der Waals surface area contributed by atoms with Crippen molar-refractivity contribution in [2.24, 2.45) is 5.73 Å². The third-order valence-electron chi connectivity index (χ3n) is 3.42. The lowest BCUT2D eigenvalue weighted by Crippen LogP contribution is -2.13. The summed E-state index contributed by atoms with van der Waals surface area (Å²) in [6, 6.07) is 0. The SMILES string of the molecule is CC(O)C(=O)O.CCCCCCCCCCCCCCN. The van der Waals surface area contributed by atoms with Crippen molar-refractivity contribution in [2.75, 3.05) is 6.54 Å². The maximum Gasteiger partial charge on any atom is 0.332 e. The average molecular weight is 303 g/mol. The van der Waals surface area contributed by atoms with Crippen molar-refractivity contribution in [3.8, 4) is 0 Å².